The maximum absolute atomic E-state index is 13.0. The molecule has 0 atom stereocenters. The second-order valence-electron chi connectivity index (χ2n) is 7.62. The average Bonchev–Trinajstić information content (AvgIpc) is 2.88. The summed E-state index contributed by atoms with van der Waals surface area (Å²) < 4.78 is 11.9. The Bertz CT molecular complexity index is 1250. The van der Waals surface area contributed by atoms with Crippen molar-refractivity contribution in [3.63, 3.8) is 0 Å². The molecule has 2 N–H and O–H groups in total. The molecule has 4 rings (SSSR count). The van der Waals surface area contributed by atoms with Gasteiger partial charge in [-0.1, -0.05) is 65.7 Å². The zero-order valence-electron chi connectivity index (χ0n) is 18.6. The van der Waals surface area contributed by atoms with E-state index < -0.39 is 0 Å². The molecule has 0 aliphatic rings. The number of aromatic nitrogens is 1. The van der Waals surface area contributed by atoms with Crippen LogP contribution in [-0.4, -0.2) is 16.0 Å². The van der Waals surface area contributed by atoms with Crippen molar-refractivity contribution in [2.24, 2.45) is 0 Å². The average molecular weight is 509 g/mol. The number of amides is 1. The number of anilines is 1. The Morgan fingerprint density at radius 3 is 1.89 bits per heavy atom. The largest absolute Gasteiger partial charge is 0.489 e. The predicted octanol–water partition coefficient (Wildman–Crippen LogP) is 6.29. The van der Waals surface area contributed by atoms with Crippen LogP contribution in [0.4, 0.5) is 5.82 Å². The molecule has 0 spiro atoms. The topological polar surface area (TPSA) is 80.7 Å². The molecular weight excluding hydrogens is 487 g/mol. The highest BCUT2D eigenvalue weighted by Gasteiger charge is 2.13. The van der Waals surface area contributed by atoms with Gasteiger partial charge in [-0.25, -0.2) is 4.98 Å². The van der Waals surface area contributed by atoms with Crippen molar-refractivity contribution >= 4 is 34.9 Å². The number of ether oxygens (including phenoxy) is 2. The van der Waals surface area contributed by atoms with E-state index in [1.807, 2.05) is 36.4 Å². The minimum Gasteiger partial charge on any atom is -0.489 e. The van der Waals surface area contributed by atoms with Crippen molar-refractivity contribution in [2.75, 3.05) is 5.32 Å². The number of aliphatic hydroxyl groups is 1. The molecule has 1 aromatic heterocycles. The highest BCUT2D eigenvalue weighted by molar-refractivity contribution is 6.31. The lowest BCUT2D eigenvalue weighted by Gasteiger charge is -2.14. The van der Waals surface area contributed by atoms with Crippen molar-refractivity contribution in [3.8, 4) is 11.5 Å². The third-order valence-electron chi connectivity index (χ3n) is 5.10. The van der Waals surface area contributed by atoms with Gasteiger partial charge in [0, 0.05) is 39.0 Å². The molecule has 0 unspecified atom stereocenters. The van der Waals surface area contributed by atoms with Gasteiger partial charge in [-0.3, -0.25) is 4.79 Å². The summed E-state index contributed by atoms with van der Waals surface area (Å²) in [6, 6.07) is 23.0. The summed E-state index contributed by atoms with van der Waals surface area (Å²) >= 11 is 12.5. The monoisotopic (exact) mass is 508 g/mol. The summed E-state index contributed by atoms with van der Waals surface area (Å²) in [5.74, 6) is 0.846. The molecule has 0 saturated carbocycles. The van der Waals surface area contributed by atoms with Crippen molar-refractivity contribution in [1.82, 2.24) is 4.98 Å². The molecule has 1 heterocycles. The highest BCUT2D eigenvalue weighted by atomic mass is 35.5. The fraction of sp³-hybridized carbons (Fsp3) is 0.111. The first-order valence-corrected chi connectivity index (χ1v) is 11.5. The molecule has 4 aromatic rings. The lowest BCUT2D eigenvalue weighted by Crippen LogP contribution is -2.13. The van der Waals surface area contributed by atoms with Crippen LogP contribution in [0.25, 0.3) is 0 Å². The van der Waals surface area contributed by atoms with Crippen molar-refractivity contribution in [3.05, 3.63) is 117 Å². The van der Waals surface area contributed by atoms with Gasteiger partial charge in [-0.2, -0.15) is 0 Å². The number of nitrogens with zero attached hydrogens (tertiary/aromatic N) is 1. The molecule has 178 valence electrons. The van der Waals surface area contributed by atoms with Crippen LogP contribution >= 0.6 is 23.2 Å². The Morgan fingerprint density at radius 1 is 0.829 bits per heavy atom. The van der Waals surface area contributed by atoms with Crippen LogP contribution < -0.4 is 14.8 Å². The van der Waals surface area contributed by atoms with Crippen LogP contribution in [0.5, 0.6) is 11.5 Å². The Morgan fingerprint density at radius 2 is 1.40 bits per heavy atom. The van der Waals surface area contributed by atoms with Gasteiger partial charge in [0.15, 0.2) is 0 Å². The van der Waals surface area contributed by atoms with Gasteiger partial charge in [0.2, 0.25) is 0 Å². The fourth-order valence-corrected chi connectivity index (χ4v) is 3.58. The molecule has 0 saturated heterocycles. The van der Waals surface area contributed by atoms with Crippen LogP contribution in [0.2, 0.25) is 10.0 Å². The number of benzene rings is 3. The molecule has 1 amide bonds. The van der Waals surface area contributed by atoms with E-state index in [9.17, 15) is 9.90 Å². The quantitative estimate of drug-likeness (QED) is 0.277. The van der Waals surface area contributed by atoms with Gasteiger partial charge in [-0.05, 0) is 35.9 Å². The maximum atomic E-state index is 13.0. The normalized spacial score (nSPS) is 10.6. The smallest absolute Gasteiger partial charge is 0.257 e. The van der Waals surface area contributed by atoms with Crippen molar-refractivity contribution in [2.45, 2.75) is 19.8 Å². The van der Waals surface area contributed by atoms with E-state index in [2.05, 4.69) is 10.3 Å². The van der Waals surface area contributed by atoms with E-state index in [1.54, 1.807) is 42.5 Å². The number of aliphatic hydroxyl groups excluding tert-OH is 1. The van der Waals surface area contributed by atoms with Gasteiger partial charge in [-0.15, -0.1) is 0 Å². The molecule has 0 aliphatic heterocycles. The Hall–Kier alpha value is -3.58. The van der Waals surface area contributed by atoms with Gasteiger partial charge >= 0.3 is 0 Å². The first-order valence-electron chi connectivity index (χ1n) is 10.8. The molecule has 0 fully saturated rings. The summed E-state index contributed by atoms with van der Waals surface area (Å²) in [7, 11) is 0. The van der Waals surface area contributed by atoms with Crippen LogP contribution in [-0.2, 0) is 19.8 Å². The Kier molecular flexibility index (Phi) is 8.21. The summed E-state index contributed by atoms with van der Waals surface area (Å²) in [6.45, 7) is 0.315. The molecule has 0 aliphatic carbocycles. The van der Waals surface area contributed by atoms with E-state index in [4.69, 9.17) is 32.7 Å². The van der Waals surface area contributed by atoms with Gasteiger partial charge < -0.3 is 19.9 Å². The second kappa shape index (κ2) is 11.7. The van der Waals surface area contributed by atoms with Gasteiger partial charge in [0.05, 0.1) is 6.61 Å². The third-order valence-corrected chi connectivity index (χ3v) is 5.83. The number of carbonyl (C=O) groups is 1. The number of nitrogens with one attached hydrogen (secondary N) is 1. The number of pyridine rings is 1. The van der Waals surface area contributed by atoms with Crippen LogP contribution in [0, 0.1) is 0 Å². The maximum Gasteiger partial charge on any atom is 0.257 e. The number of rotatable bonds is 9. The van der Waals surface area contributed by atoms with E-state index in [-0.39, 0.29) is 25.7 Å². The van der Waals surface area contributed by atoms with Crippen LogP contribution in [0.1, 0.15) is 27.0 Å². The number of halogens is 2. The lowest BCUT2D eigenvalue weighted by atomic mass is 10.1. The third kappa shape index (κ3) is 6.73. The Labute approximate surface area is 213 Å². The summed E-state index contributed by atoms with van der Waals surface area (Å²) in [5, 5.41) is 13.1. The highest BCUT2D eigenvalue weighted by Crippen LogP contribution is 2.27. The number of hydrogen-bond donors (Lipinski definition) is 2. The van der Waals surface area contributed by atoms with Crippen molar-refractivity contribution in [1.29, 1.82) is 0 Å². The first kappa shape index (κ1) is 24.5. The molecule has 35 heavy (non-hydrogen) atoms. The van der Waals surface area contributed by atoms with Gasteiger partial charge in [0.25, 0.3) is 5.91 Å². The second-order valence-corrected chi connectivity index (χ2v) is 8.43. The number of carbonyl (C=O) groups excluding carboxylic acids is 1. The summed E-state index contributed by atoms with van der Waals surface area (Å²) in [6.07, 6.45) is 1.50. The zero-order chi connectivity index (χ0) is 24.6. The molecule has 6 nitrogen and oxygen atoms in total. The molecular formula is C27H22Cl2N2O4. The predicted molar refractivity (Wildman–Crippen MR) is 136 cm³/mol. The fourth-order valence-electron chi connectivity index (χ4n) is 3.20. The standard InChI is InChI=1S/C27H22Cl2N2O4/c28-24-7-3-1-5-19(24)16-34-22-11-21(27(33)31-26-10-9-18(15-32)14-30-26)12-23(13-22)35-17-20-6-2-4-8-25(20)29/h1-14,32H,15-17H2,(H,30,31,33). The molecule has 0 radical (unpaired) electrons. The minimum atomic E-state index is -0.389. The lowest BCUT2D eigenvalue weighted by molar-refractivity contribution is 0.102. The molecule has 3 aromatic carbocycles. The molecule has 8 heteroatoms. The van der Waals surface area contributed by atoms with E-state index >= 15 is 0 Å². The number of hydrogen-bond acceptors (Lipinski definition) is 5. The SMILES string of the molecule is O=C(Nc1ccc(CO)cn1)c1cc(OCc2ccccc2Cl)cc(OCc2ccccc2Cl)c1. The van der Waals surface area contributed by atoms with Gasteiger partial charge in [0.1, 0.15) is 30.5 Å². The van der Waals surface area contributed by atoms with Crippen LogP contribution in [0.15, 0.2) is 85.1 Å². The Balaban J connectivity index is 1.56. The first-order chi connectivity index (χ1) is 17.0. The molecule has 0 bridgehead atoms. The summed E-state index contributed by atoms with van der Waals surface area (Å²) in [5.41, 5.74) is 2.60. The van der Waals surface area contributed by atoms with E-state index in [1.165, 1.54) is 6.20 Å². The van der Waals surface area contributed by atoms with Crippen molar-refractivity contribution < 1.29 is 19.4 Å². The summed E-state index contributed by atoms with van der Waals surface area (Å²) in [4.78, 5) is 17.1. The minimum absolute atomic E-state index is 0.127. The zero-order valence-corrected chi connectivity index (χ0v) is 20.1. The van der Waals surface area contributed by atoms with E-state index in [0.29, 0.717) is 38.5 Å². The van der Waals surface area contributed by atoms with Crippen LogP contribution in [0.3, 0.4) is 0 Å². The van der Waals surface area contributed by atoms with E-state index in [0.717, 1.165) is 11.1 Å².